The highest BCUT2D eigenvalue weighted by Crippen LogP contribution is 2.31. The van der Waals surface area contributed by atoms with Crippen molar-refractivity contribution in [2.24, 2.45) is 7.05 Å². The van der Waals surface area contributed by atoms with E-state index >= 15 is 0 Å². The molecule has 1 fully saturated rings. The Morgan fingerprint density at radius 3 is 2.68 bits per heavy atom. The van der Waals surface area contributed by atoms with Gasteiger partial charge in [-0.1, -0.05) is 29.8 Å². The number of carbonyl (C=O) groups is 1. The lowest BCUT2D eigenvalue weighted by Crippen LogP contribution is -2.48. The fourth-order valence-corrected chi connectivity index (χ4v) is 4.29. The molecule has 1 atom stereocenters. The van der Waals surface area contributed by atoms with Crippen molar-refractivity contribution in [2.75, 3.05) is 18.4 Å². The number of halogens is 3. The molecule has 0 bridgehead atoms. The Morgan fingerprint density at radius 2 is 2.03 bits per heavy atom. The van der Waals surface area contributed by atoms with Crippen LogP contribution in [0.3, 0.4) is 0 Å². The standard InChI is InChI=1S/C26H27F3N4O/c1-17-6-8-21(19-10-12-32(3)16-19)22(13-17)25(34)33-11-4-5-18(2)23(33)15-31-24-9-7-20(14-30-24)26(27,28)29/h6-10,12-14,16,23H,2,4-5,11,15H2,1,3H3,(H,30,31)/t23-/m1/s1. The van der Waals surface area contributed by atoms with Gasteiger partial charge in [0.1, 0.15) is 5.82 Å². The number of aryl methyl sites for hydroxylation is 2. The highest BCUT2D eigenvalue weighted by Gasteiger charge is 2.32. The van der Waals surface area contributed by atoms with Gasteiger partial charge in [-0.3, -0.25) is 4.79 Å². The molecule has 1 aromatic carbocycles. The van der Waals surface area contributed by atoms with Crippen LogP contribution in [0, 0.1) is 6.92 Å². The molecule has 0 aliphatic carbocycles. The fraction of sp³-hybridized carbons (Fsp3) is 0.308. The van der Waals surface area contributed by atoms with Crippen molar-refractivity contribution in [2.45, 2.75) is 32.0 Å². The van der Waals surface area contributed by atoms with Gasteiger partial charge in [-0.25, -0.2) is 4.98 Å². The summed E-state index contributed by atoms with van der Waals surface area (Å²) in [7, 11) is 1.94. The predicted octanol–water partition coefficient (Wildman–Crippen LogP) is 5.69. The number of nitrogens with one attached hydrogen (secondary N) is 1. The van der Waals surface area contributed by atoms with Gasteiger partial charge in [-0.05, 0) is 49.6 Å². The quantitative estimate of drug-likeness (QED) is 0.490. The number of aromatic nitrogens is 2. The summed E-state index contributed by atoms with van der Waals surface area (Å²) >= 11 is 0. The van der Waals surface area contributed by atoms with E-state index in [1.807, 2.05) is 60.1 Å². The highest BCUT2D eigenvalue weighted by atomic mass is 19.4. The number of piperidine rings is 1. The number of anilines is 1. The van der Waals surface area contributed by atoms with Crippen LogP contribution in [-0.2, 0) is 13.2 Å². The van der Waals surface area contributed by atoms with Crippen molar-refractivity contribution in [1.29, 1.82) is 0 Å². The van der Waals surface area contributed by atoms with E-state index in [-0.39, 0.29) is 11.9 Å². The lowest BCUT2D eigenvalue weighted by atomic mass is 9.93. The minimum Gasteiger partial charge on any atom is -0.368 e. The monoisotopic (exact) mass is 468 g/mol. The zero-order chi connectivity index (χ0) is 24.5. The van der Waals surface area contributed by atoms with Crippen LogP contribution >= 0.6 is 0 Å². The second-order valence-electron chi connectivity index (χ2n) is 8.70. The van der Waals surface area contributed by atoms with Crippen LogP contribution in [0.2, 0.25) is 0 Å². The smallest absolute Gasteiger partial charge is 0.368 e. The molecule has 0 unspecified atom stereocenters. The molecule has 3 aromatic rings. The van der Waals surface area contributed by atoms with Crippen molar-refractivity contribution < 1.29 is 18.0 Å². The summed E-state index contributed by atoms with van der Waals surface area (Å²) in [4.78, 5) is 19.5. The van der Waals surface area contributed by atoms with Crippen molar-refractivity contribution in [1.82, 2.24) is 14.5 Å². The number of nitrogens with zero attached hydrogens (tertiary/aromatic N) is 3. The van der Waals surface area contributed by atoms with E-state index in [1.54, 1.807) is 0 Å². The molecular weight excluding hydrogens is 441 g/mol. The van der Waals surface area contributed by atoms with Crippen LogP contribution in [-0.4, -0.2) is 39.5 Å². The van der Waals surface area contributed by atoms with Crippen molar-refractivity contribution in [3.8, 4) is 11.1 Å². The number of alkyl halides is 3. The maximum atomic E-state index is 13.8. The lowest BCUT2D eigenvalue weighted by molar-refractivity contribution is -0.137. The number of likely N-dealkylation sites (tertiary alicyclic amines) is 1. The molecule has 1 aliphatic heterocycles. The summed E-state index contributed by atoms with van der Waals surface area (Å²) in [6.07, 6.45) is 1.89. The number of hydrogen-bond acceptors (Lipinski definition) is 3. The molecule has 0 radical (unpaired) electrons. The first-order valence-electron chi connectivity index (χ1n) is 11.1. The number of amides is 1. The molecule has 0 saturated carbocycles. The Kier molecular flexibility index (Phi) is 6.50. The van der Waals surface area contributed by atoms with E-state index in [1.165, 1.54) is 6.07 Å². The second kappa shape index (κ2) is 9.37. The Labute approximate surface area is 196 Å². The number of hydrogen-bond donors (Lipinski definition) is 1. The first kappa shape index (κ1) is 23.6. The summed E-state index contributed by atoms with van der Waals surface area (Å²) in [6, 6.07) is 9.84. The summed E-state index contributed by atoms with van der Waals surface area (Å²) in [6.45, 7) is 7.02. The van der Waals surface area contributed by atoms with Gasteiger partial charge >= 0.3 is 6.18 Å². The summed E-state index contributed by atoms with van der Waals surface area (Å²) < 4.78 is 40.4. The lowest BCUT2D eigenvalue weighted by Gasteiger charge is -2.38. The van der Waals surface area contributed by atoms with Gasteiger partial charge in [0, 0.05) is 49.9 Å². The van der Waals surface area contributed by atoms with Gasteiger partial charge in [0.15, 0.2) is 0 Å². The molecule has 1 amide bonds. The topological polar surface area (TPSA) is 50.2 Å². The Morgan fingerprint density at radius 1 is 1.24 bits per heavy atom. The zero-order valence-corrected chi connectivity index (χ0v) is 19.2. The minimum atomic E-state index is -4.43. The molecule has 3 heterocycles. The van der Waals surface area contributed by atoms with Crippen LogP contribution in [0.25, 0.3) is 11.1 Å². The number of pyridine rings is 1. The third-order valence-electron chi connectivity index (χ3n) is 6.12. The number of rotatable bonds is 5. The molecule has 2 aromatic heterocycles. The van der Waals surface area contributed by atoms with E-state index < -0.39 is 11.7 Å². The van der Waals surface area contributed by atoms with E-state index in [2.05, 4.69) is 16.9 Å². The molecule has 0 spiro atoms. The molecule has 4 rings (SSSR count). The van der Waals surface area contributed by atoms with Crippen molar-refractivity contribution in [3.63, 3.8) is 0 Å². The van der Waals surface area contributed by atoms with Crippen LogP contribution in [0.1, 0.15) is 34.3 Å². The molecule has 8 heteroatoms. The van der Waals surface area contributed by atoms with Crippen LogP contribution in [0.4, 0.5) is 19.0 Å². The zero-order valence-electron chi connectivity index (χ0n) is 19.2. The van der Waals surface area contributed by atoms with Crippen LogP contribution in [0.15, 0.2) is 67.1 Å². The van der Waals surface area contributed by atoms with Gasteiger partial charge in [0.25, 0.3) is 5.91 Å². The molecule has 1 saturated heterocycles. The van der Waals surface area contributed by atoms with Gasteiger partial charge in [0.05, 0.1) is 11.6 Å². The van der Waals surface area contributed by atoms with E-state index in [0.29, 0.717) is 24.5 Å². The SMILES string of the molecule is C=C1CCCN(C(=O)c2cc(C)ccc2-c2ccn(C)c2)[C@@H]1CNc1ccc(C(F)(F)F)cn1. The predicted molar refractivity (Wildman–Crippen MR) is 127 cm³/mol. The number of carbonyl (C=O) groups excluding carboxylic acids is 1. The van der Waals surface area contributed by atoms with E-state index in [4.69, 9.17) is 0 Å². The van der Waals surface area contributed by atoms with E-state index in [0.717, 1.165) is 47.4 Å². The summed E-state index contributed by atoms with van der Waals surface area (Å²) in [5.41, 5.74) is 3.55. The van der Waals surface area contributed by atoms with Crippen LogP contribution < -0.4 is 5.32 Å². The Bertz CT molecular complexity index is 1200. The molecule has 1 N–H and O–H groups in total. The van der Waals surface area contributed by atoms with Gasteiger partial charge in [-0.2, -0.15) is 13.2 Å². The first-order chi connectivity index (χ1) is 16.1. The second-order valence-corrected chi connectivity index (χ2v) is 8.70. The highest BCUT2D eigenvalue weighted by molar-refractivity contribution is 6.01. The molecule has 1 aliphatic rings. The normalized spacial score (nSPS) is 16.6. The van der Waals surface area contributed by atoms with Gasteiger partial charge in [0.2, 0.25) is 0 Å². The van der Waals surface area contributed by atoms with Crippen molar-refractivity contribution >= 4 is 11.7 Å². The van der Waals surface area contributed by atoms with Crippen LogP contribution in [0.5, 0.6) is 0 Å². The van der Waals surface area contributed by atoms with Gasteiger partial charge < -0.3 is 14.8 Å². The Balaban J connectivity index is 1.57. The third kappa shape index (κ3) is 5.00. The third-order valence-corrected chi connectivity index (χ3v) is 6.12. The average Bonchev–Trinajstić information content (AvgIpc) is 3.23. The molecule has 34 heavy (non-hydrogen) atoms. The first-order valence-corrected chi connectivity index (χ1v) is 11.1. The van der Waals surface area contributed by atoms with Crippen molar-refractivity contribution in [3.05, 3.63) is 83.8 Å². The molecule has 5 nitrogen and oxygen atoms in total. The average molecular weight is 469 g/mol. The molecule has 178 valence electrons. The largest absolute Gasteiger partial charge is 0.417 e. The Hall–Kier alpha value is -3.55. The number of benzene rings is 1. The maximum Gasteiger partial charge on any atom is 0.417 e. The van der Waals surface area contributed by atoms with Gasteiger partial charge in [-0.15, -0.1) is 0 Å². The van der Waals surface area contributed by atoms with E-state index in [9.17, 15) is 18.0 Å². The molecular formula is C26H27F3N4O. The maximum absolute atomic E-state index is 13.8. The summed E-state index contributed by atoms with van der Waals surface area (Å²) in [5.74, 6) is 0.231. The fourth-order valence-electron chi connectivity index (χ4n) is 4.29. The summed E-state index contributed by atoms with van der Waals surface area (Å²) in [5, 5.41) is 3.08. The minimum absolute atomic E-state index is 0.0874.